The third-order valence-electron chi connectivity index (χ3n) is 4.65. The van der Waals surface area contributed by atoms with Crippen LogP contribution in [-0.4, -0.2) is 23.1 Å². The Kier molecular flexibility index (Phi) is 7.45. The molecule has 0 spiro atoms. The molecule has 0 aromatic heterocycles. The van der Waals surface area contributed by atoms with E-state index in [2.05, 4.69) is 6.58 Å². The van der Waals surface area contributed by atoms with Crippen molar-refractivity contribution in [1.29, 1.82) is 0 Å². The van der Waals surface area contributed by atoms with Gasteiger partial charge in [0.05, 0.1) is 5.56 Å². The zero-order chi connectivity index (χ0) is 18.1. The molecule has 25 heavy (non-hydrogen) atoms. The third kappa shape index (κ3) is 6.57. The zero-order valence-electron chi connectivity index (χ0n) is 14.5. The summed E-state index contributed by atoms with van der Waals surface area (Å²) in [6, 6.07) is 6.77. The van der Waals surface area contributed by atoms with Gasteiger partial charge in [-0.2, -0.15) is 0 Å². The Morgan fingerprint density at radius 1 is 1.16 bits per heavy atom. The number of carboxylic acids is 1. The minimum Gasteiger partial charge on any atom is -0.478 e. The van der Waals surface area contributed by atoms with E-state index in [9.17, 15) is 9.59 Å². The van der Waals surface area contributed by atoms with Crippen LogP contribution in [0.2, 0.25) is 0 Å². The van der Waals surface area contributed by atoms with Crippen molar-refractivity contribution < 1.29 is 19.4 Å². The molecule has 134 valence electrons. The van der Waals surface area contributed by atoms with E-state index in [4.69, 9.17) is 9.84 Å². The molecule has 1 aromatic carbocycles. The van der Waals surface area contributed by atoms with E-state index in [1.54, 1.807) is 24.3 Å². The fourth-order valence-electron chi connectivity index (χ4n) is 3.21. The van der Waals surface area contributed by atoms with Gasteiger partial charge < -0.3 is 9.84 Å². The van der Waals surface area contributed by atoms with E-state index >= 15 is 0 Å². The summed E-state index contributed by atoms with van der Waals surface area (Å²) in [6.07, 6.45) is 12.2. The minimum atomic E-state index is -0.997. The second-order valence-electron chi connectivity index (χ2n) is 6.56. The van der Waals surface area contributed by atoms with Crippen LogP contribution in [0.1, 0.15) is 60.9 Å². The Morgan fingerprint density at radius 3 is 2.44 bits per heavy atom. The van der Waals surface area contributed by atoms with Crippen LogP contribution in [0.4, 0.5) is 0 Å². The van der Waals surface area contributed by atoms with Gasteiger partial charge in [0, 0.05) is 6.08 Å². The second-order valence-corrected chi connectivity index (χ2v) is 6.56. The molecule has 1 aromatic rings. The molecule has 0 amide bonds. The normalized spacial score (nSPS) is 20.3. The molecule has 0 heterocycles. The van der Waals surface area contributed by atoms with Crippen molar-refractivity contribution in [1.82, 2.24) is 0 Å². The van der Waals surface area contributed by atoms with Gasteiger partial charge in [0.15, 0.2) is 0 Å². The molecule has 2 rings (SSSR count). The highest BCUT2D eigenvalue weighted by atomic mass is 16.5. The number of carboxylic acid groups (broad SMARTS) is 1. The monoisotopic (exact) mass is 342 g/mol. The number of esters is 1. The molecule has 1 N–H and O–H groups in total. The lowest BCUT2D eigenvalue weighted by Crippen LogP contribution is -2.24. The Labute approximate surface area is 149 Å². The number of hydrogen-bond donors (Lipinski definition) is 1. The van der Waals surface area contributed by atoms with Gasteiger partial charge in [0.1, 0.15) is 6.10 Å². The lowest BCUT2D eigenvalue weighted by atomic mass is 9.84. The molecule has 0 unspecified atom stereocenters. The highest BCUT2D eigenvalue weighted by Gasteiger charge is 2.24. The van der Waals surface area contributed by atoms with Gasteiger partial charge in [0.2, 0.25) is 0 Å². The summed E-state index contributed by atoms with van der Waals surface area (Å²) < 4.78 is 5.62. The number of hydrogen-bond acceptors (Lipinski definition) is 3. The zero-order valence-corrected chi connectivity index (χ0v) is 14.5. The number of benzene rings is 1. The molecule has 0 bridgehead atoms. The minimum absolute atomic E-state index is 0.00902. The standard InChI is InChI=1S/C21H26O4/c1-2-3-4-5-16-8-13-19(14-9-16)25-21(24)18-11-6-17(7-12-18)10-15-20(22)23/h2,6-7,10-12,15-16,19H,1,3-5,8-9,13-14H2,(H,22,23). The topological polar surface area (TPSA) is 63.6 Å². The predicted molar refractivity (Wildman–Crippen MR) is 98.3 cm³/mol. The first-order valence-electron chi connectivity index (χ1n) is 8.91. The summed E-state index contributed by atoms with van der Waals surface area (Å²) in [5.41, 5.74) is 1.24. The molecule has 0 saturated heterocycles. The smallest absolute Gasteiger partial charge is 0.338 e. The number of rotatable bonds is 8. The Morgan fingerprint density at radius 2 is 1.84 bits per heavy atom. The molecule has 1 fully saturated rings. The number of ether oxygens (including phenoxy) is 1. The van der Waals surface area contributed by atoms with Crippen LogP contribution in [-0.2, 0) is 9.53 Å². The number of unbranched alkanes of at least 4 members (excludes halogenated alkanes) is 1. The van der Waals surface area contributed by atoms with Gasteiger partial charge in [-0.3, -0.25) is 0 Å². The predicted octanol–water partition coefficient (Wildman–Crippen LogP) is 4.86. The molecule has 1 aliphatic rings. The summed E-state index contributed by atoms with van der Waals surface area (Å²) in [7, 11) is 0. The van der Waals surface area contributed by atoms with Gasteiger partial charge >= 0.3 is 11.9 Å². The van der Waals surface area contributed by atoms with Crippen LogP contribution in [0, 0.1) is 5.92 Å². The summed E-state index contributed by atoms with van der Waals surface area (Å²) in [6.45, 7) is 3.75. The van der Waals surface area contributed by atoms with E-state index < -0.39 is 5.97 Å². The highest BCUT2D eigenvalue weighted by molar-refractivity contribution is 5.90. The van der Waals surface area contributed by atoms with Crippen LogP contribution in [0.25, 0.3) is 6.08 Å². The third-order valence-corrected chi connectivity index (χ3v) is 4.65. The maximum atomic E-state index is 12.2. The van der Waals surface area contributed by atoms with Gasteiger partial charge in [-0.1, -0.05) is 24.6 Å². The fraction of sp³-hybridized carbons (Fsp3) is 0.429. The van der Waals surface area contributed by atoms with Gasteiger partial charge in [0.25, 0.3) is 0 Å². The maximum absolute atomic E-state index is 12.2. The van der Waals surface area contributed by atoms with Crippen LogP contribution < -0.4 is 0 Å². The Bertz CT molecular complexity index is 607. The SMILES string of the molecule is C=CCCCC1CCC(OC(=O)c2ccc(C=CC(=O)O)cc2)CC1. The van der Waals surface area contributed by atoms with Gasteiger partial charge in [-0.25, -0.2) is 9.59 Å². The first kappa shape index (κ1) is 19.0. The quantitative estimate of drug-likeness (QED) is 0.317. The molecular formula is C21H26O4. The lowest BCUT2D eigenvalue weighted by molar-refractivity contribution is -0.131. The van der Waals surface area contributed by atoms with Crippen molar-refractivity contribution in [2.75, 3.05) is 0 Å². The van der Waals surface area contributed by atoms with Gasteiger partial charge in [-0.05, 0) is 68.2 Å². The number of allylic oxidation sites excluding steroid dienone is 1. The molecule has 0 atom stereocenters. The van der Waals surface area contributed by atoms with E-state index in [-0.39, 0.29) is 12.1 Å². The van der Waals surface area contributed by atoms with Crippen molar-refractivity contribution in [3.05, 3.63) is 54.1 Å². The molecular weight excluding hydrogens is 316 g/mol. The van der Waals surface area contributed by atoms with E-state index in [0.29, 0.717) is 5.56 Å². The number of aliphatic carboxylic acids is 1. The molecule has 4 nitrogen and oxygen atoms in total. The van der Waals surface area contributed by atoms with Crippen LogP contribution >= 0.6 is 0 Å². The first-order chi connectivity index (χ1) is 12.1. The summed E-state index contributed by atoms with van der Waals surface area (Å²) in [5.74, 6) is -0.553. The summed E-state index contributed by atoms with van der Waals surface area (Å²) in [4.78, 5) is 22.7. The van der Waals surface area contributed by atoms with Crippen molar-refractivity contribution in [3.8, 4) is 0 Å². The Balaban J connectivity index is 1.78. The molecule has 1 saturated carbocycles. The first-order valence-corrected chi connectivity index (χ1v) is 8.91. The average Bonchev–Trinajstić information content (AvgIpc) is 2.62. The molecule has 0 aliphatic heterocycles. The van der Waals surface area contributed by atoms with Gasteiger partial charge in [-0.15, -0.1) is 6.58 Å². The summed E-state index contributed by atoms with van der Waals surface area (Å²) >= 11 is 0. The summed E-state index contributed by atoms with van der Waals surface area (Å²) in [5, 5.41) is 8.61. The van der Waals surface area contributed by atoms with E-state index in [1.165, 1.54) is 18.9 Å². The lowest BCUT2D eigenvalue weighted by Gasteiger charge is -2.28. The molecule has 1 aliphatic carbocycles. The maximum Gasteiger partial charge on any atom is 0.338 e. The van der Waals surface area contributed by atoms with Crippen LogP contribution in [0.5, 0.6) is 0 Å². The number of carbonyl (C=O) groups excluding carboxylic acids is 1. The van der Waals surface area contributed by atoms with Crippen molar-refractivity contribution >= 4 is 18.0 Å². The largest absolute Gasteiger partial charge is 0.478 e. The van der Waals surface area contributed by atoms with Crippen molar-refractivity contribution in [2.24, 2.45) is 5.92 Å². The second kappa shape index (κ2) is 9.82. The highest BCUT2D eigenvalue weighted by Crippen LogP contribution is 2.30. The van der Waals surface area contributed by atoms with Crippen molar-refractivity contribution in [3.63, 3.8) is 0 Å². The number of carbonyl (C=O) groups is 2. The van der Waals surface area contributed by atoms with Crippen LogP contribution in [0.3, 0.4) is 0 Å². The van der Waals surface area contributed by atoms with Crippen LogP contribution in [0.15, 0.2) is 43.0 Å². The van der Waals surface area contributed by atoms with E-state index in [1.807, 2.05) is 6.08 Å². The molecule has 4 heteroatoms. The van der Waals surface area contributed by atoms with Crippen molar-refractivity contribution in [2.45, 2.75) is 51.0 Å². The molecule has 0 radical (unpaired) electrons. The average molecular weight is 342 g/mol. The fourth-order valence-corrected chi connectivity index (χ4v) is 3.21. The van der Waals surface area contributed by atoms with E-state index in [0.717, 1.165) is 49.7 Å². The Hall–Kier alpha value is -2.36.